The molecule has 0 bridgehead atoms. The van der Waals surface area contributed by atoms with Crippen LogP contribution < -0.4 is 20.7 Å². The second-order valence-electron chi connectivity index (χ2n) is 11.0. The monoisotopic (exact) mass is 575 g/mol. The minimum Gasteiger partial charge on any atom is -0.490 e. The van der Waals surface area contributed by atoms with Gasteiger partial charge in [0, 0.05) is 42.8 Å². The van der Waals surface area contributed by atoms with Crippen LogP contribution in [0.25, 0.3) is 10.9 Å². The van der Waals surface area contributed by atoms with E-state index in [2.05, 4.69) is 20.9 Å². The van der Waals surface area contributed by atoms with Gasteiger partial charge in [-0.1, -0.05) is 26.3 Å². The summed E-state index contributed by atoms with van der Waals surface area (Å²) in [6.07, 6.45) is 4.05. The quantitative estimate of drug-likeness (QED) is 0.129. The van der Waals surface area contributed by atoms with Gasteiger partial charge in [0.05, 0.1) is 6.04 Å². The zero-order chi connectivity index (χ0) is 29.9. The maximum atomic E-state index is 12.8. The Morgan fingerprint density at radius 1 is 1.17 bits per heavy atom. The van der Waals surface area contributed by atoms with Gasteiger partial charge in [0.1, 0.15) is 30.5 Å². The van der Waals surface area contributed by atoms with Crippen LogP contribution in [0.1, 0.15) is 58.4 Å². The molecule has 0 saturated carbocycles. The van der Waals surface area contributed by atoms with Gasteiger partial charge in [-0.2, -0.15) is 0 Å². The fourth-order valence-electron chi connectivity index (χ4n) is 5.10. The van der Waals surface area contributed by atoms with E-state index in [0.29, 0.717) is 57.6 Å². The molecule has 4 atom stereocenters. The molecule has 1 amide bonds. The number of aliphatic hydroxyl groups is 1. The van der Waals surface area contributed by atoms with Gasteiger partial charge < -0.3 is 40.6 Å². The molecule has 12 nitrogen and oxygen atoms in total. The number of unbranched alkanes of at least 4 members (excludes halogenated alkanes) is 1. The predicted molar refractivity (Wildman–Crippen MR) is 155 cm³/mol. The number of fused-ring (bicyclic) bond motifs is 1. The summed E-state index contributed by atoms with van der Waals surface area (Å²) in [6, 6.07) is 3.50. The van der Waals surface area contributed by atoms with E-state index in [9.17, 15) is 29.7 Å². The molecule has 0 spiro atoms. The molecule has 2 aromatic rings. The van der Waals surface area contributed by atoms with E-state index in [4.69, 9.17) is 4.74 Å². The van der Waals surface area contributed by atoms with Crippen molar-refractivity contribution >= 4 is 28.7 Å². The Labute approximate surface area is 240 Å². The number of likely N-dealkylation sites (tertiary alicyclic amines) is 1. The SMILES string of the molecule is CC(C)NCC(O)COc1cccc2[nH]cc(CNCCCCC(N[C@@H](C)C(=O)N3CCC[C@H]3C(=O)O)C(=O)O)c12. The number of H-pyrrole nitrogens is 1. The number of hydrogen-bond donors (Lipinski definition) is 7. The number of benzene rings is 1. The number of carboxylic acids is 2. The molecule has 1 aliphatic heterocycles. The van der Waals surface area contributed by atoms with E-state index < -0.39 is 36.2 Å². The number of ether oxygens (including phenoxy) is 1. The number of amides is 1. The minimum atomic E-state index is -1.04. The highest BCUT2D eigenvalue weighted by Gasteiger charge is 2.36. The number of nitrogens with one attached hydrogen (secondary N) is 4. The second-order valence-corrected chi connectivity index (χ2v) is 11.0. The lowest BCUT2D eigenvalue weighted by Crippen LogP contribution is -2.53. The lowest BCUT2D eigenvalue weighted by atomic mass is 10.1. The first-order chi connectivity index (χ1) is 19.6. The summed E-state index contributed by atoms with van der Waals surface area (Å²) in [5.74, 6) is -1.75. The molecule has 12 heteroatoms. The molecule has 0 radical (unpaired) electrons. The lowest BCUT2D eigenvalue weighted by Gasteiger charge is -2.27. The van der Waals surface area contributed by atoms with Crippen molar-refractivity contribution < 1.29 is 34.4 Å². The van der Waals surface area contributed by atoms with Crippen molar-refractivity contribution in [3.63, 3.8) is 0 Å². The van der Waals surface area contributed by atoms with Crippen LogP contribution in [0.2, 0.25) is 0 Å². The first kappa shape index (κ1) is 32.3. The molecule has 41 heavy (non-hydrogen) atoms. The molecule has 0 aliphatic carbocycles. The predicted octanol–water partition coefficient (Wildman–Crippen LogP) is 1.67. The summed E-state index contributed by atoms with van der Waals surface area (Å²) in [6.45, 7) is 7.88. The van der Waals surface area contributed by atoms with Crippen molar-refractivity contribution in [1.29, 1.82) is 0 Å². The first-order valence-electron chi connectivity index (χ1n) is 14.4. The maximum Gasteiger partial charge on any atom is 0.326 e. The molecule has 1 saturated heterocycles. The van der Waals surface area contributed by atoms with Crippen molar-refractivity contribution in [3.8, 4) is 5.75 Å². The zero-order valence-electron chi connectivity index (χ0n) is 24.2. The third kappa shape index (κ3) is 9.42. The van der Waals surface area contributed by atoms with Crippen LogP contribution in [0.15, 0.2) is 24.4 Å². The topological polar surface area (TPSA) is 176 Å². The Kier molecular flexibility index (Phi) is 12.4. The van der Waals surface area contributed by atoms with Crippen molar-refractivity contribution in [3.05, 3.63) is 30.0 Å². The van der Waals surface area contributed by atoms with Crippen molar-refractivity contribution in [2.24, 2.45) is 0 Å². The number of hydrogen-bond acceptors (Lipinski definition) is 8. The minimum absolute atomic E-state index is 0.179. The summed E-state index contributed by atoms with van der Waals surface area (Å²) >= 11 is 0. The smallest absolute Gasteiger partial charge is 0.326 e. The normalized spacial score (nSPS) is 17.6. The van der Waals surface area contributed by atoms with Gasteiger partial charge in [-0.15, -0.1) is 0 Å². The number of rotatable bonds is 18. The third-order valence-corrected chi connectivity index (χ3v) is 7.29. The zero-order valence-corrected chi connectivity index (χ0v) is 24.2. The van der Waals surface area contributed by atoms with Gasteiger partial charge in [0.2, 0.25) is 5.91 Å². The number of nitrogens with zero attached hydrogens (tertiary/aromatic N) is 1. The first-order valence-corrected chi connectivity index (χ1v) is 14.4. The van der Waals surface area contributed by atoms with E-state index in [1.165, 1.54) is 4.90 Å². The number of aromatic amines is 1. The van der Waals surface area contributed by atoms with Crippen molar-refractivity contribution in [2.45, 2.75) is 89.7 Å². The van der Waals surface area contributed by atoms with E-state index in [0.717, 1.165) is 22.9 Å². The highest BCUT2D eigenvalue weighted by molar-refractivity contribution is 5.89. The lowest BCUT2D eigenvalue weighted by molar-refractivity contribution is -0.149. The van der Waals surface area contributed by atoms with Gasteiger partial charge in [0.25, 0.3) is 0 Å². The summed E-state index contributed by atoms with van der Waals surface area (Å²) in [5, 5.41) is 39.7. The Balaban J connectivity index is 1.44. The van der Waals surface area contributed by atoms with Crippen LogP contribution in [-0.2, 0) is 20.9 Å². The van der Waals surface area contributed by atoms with E-state index in [-0.39, 0.29) is 18.6 Å². The van der Waals surface area contributed by atoms with Crippen LogP contribution in [0, 0.1) is 0 Å². The molecule has 2 unspecified atom stereocenters. The number of carboxylic acid groups (broad SMARTS) is 2. The number of carbonyl (C=O) groups is 3. The highest BCUT2D eigenvalue weighted by Crippen LogP contribution is 2.29. The summed E-state index contributed by atoms with van der Waals surface area (Å²) in [5.41, 5.74) is 1.97. The summed E-state index contributed by atoms with van der Waals surface area (Å²) in [7, 11) is 0. The van der Waals surface area contributed by atoms with Gasteiger partial charge in [-0.05, 0) is 56.8 Å². The molecule has 1 fully saturated rings. The molecular formula is C29H45N5O7. The largest absolute Gasteiger partial charge is 0.490 e. The molecule has 7 N–H and O–H groups in total. The van der Waals surface area contributed by atoms with Crippen LogP contribution in [0.4, 0.5) is 0 Å². The fraction of sp³-hybridized carbons (Fsp3) is 0.621. The molecule has 2 heterocycles. The number of carbonyl (C=O) groups excluding carboxylic acids is 1. The van der Waals surface area contributed by atoms with E-state index in [1.54, 1.807) is 6.92 Å². The molecule has 228 valence electrons. The Hall–Kier alpha value is -3.19. The van der Waals surface area contributed by atoms with Crippen LogP contribution in [0.5, 0.6) is 5.75 Å². The Morgan fingerprint density at radius 3 is 2.66 bits per heavy atom. The Bertz CT molecular complexity index is 1150. The molecule has 1 aromatic carbocycles. The number of aliphatic carboxylic acids is 2. The number of aromatic nitrogens is 1. The van der Waals surface area contributed by atoms with Gasteiger partial charge in [-0.3, -0.25) is 14.9 Å². The van der Waals surface area contributed by atoms with Crippen molar-refractivity contribution in [2.75, 3.05) is 26.2 Å². The fourth-order valence-corrected chi connectivity index (χ4v) is 5.10. The standard InChI is InChI=1S/C29H45N5O7/c1-18(2)31-16-21(35)17-41-25-11-6-9-22-26(25)20(15-32-22)14-30-12-5-4-8-23(28(37)38)33-19(3)27(36)34-13-7-10-24(34)29(39)40/h6,9,11,15,18-19,21,23-24,30-33,35H,4-5,7-8,10,12-14,16-17H2,1-3H3,(H,37,38)(H,39,40)/t19-,21?,23?,24-/m0/s1. The van der Waals surface area contributed by atoms with Gasteiger partial charge in [-0.25, -0.2) is 4.79 Å². The number of aliphatic hydroxyl groups excluding tert-OH is 1. The molecular weight excluding hydrogens is 530 g/mol. The highest BCUT2D eigenvalue weighted by atomic mass is 16.5. The van der Waals surface area contributed by atoms with Gasteiger partial charge >= 0.3 is 11.9 Å². The Morgan fingerprint density at radius 2 is 1.95 bits per heavy atom. The van der Waals surface area contributed by atoms with Crippen LogP contribution in [-0.4, -0.2) is 99.6 Å². The summed E-state index contributed by atoms with van der Waals surface area (Å²) < 4.78 is 5.95. The van der Waals surface area contributed by atoms with Crippen LogP contribution >= 0.6 is 0 Å². The van der Waals surface area contributed by atoms with E-state index >= 15 is 0 Å². The second kappa shape index (κ2) is 15.7. The third-order valence-electron chi connectivity index (χ3n) is 7.29. The van der Waals surface area contributed by atoms with Crippen molar-refractivity contribution in [1.82, 2.24) is 25.8 Å². The molecule has 1 aromatic heterocycles. The average molecular weight is 576 g/mol. The average Bonchev–Trinajstić information content (AvgIpc) is 3.59. The van der Waals surface area contributed by atoms with E-state index in [1.807, 2.05) is 38.2 Å². The molecule has 1 aliphatic rings. The maximum absolute atomic E-state index is 12.8. The molecule has 3 rings (SSSR count). The van der Waals surface area contributed by atoms with Gasteiger partial charge in [0.15, 0.2) is 0 Å². The van der Waals surface area contributed by atoms with Crippen LogP contribution in [0.3, 0.4) is 0 Å². The summed E-state index contributed by atoms with van der Waals surface area (Å²) in [4.78, 5) is 40.6.